The monoisotopic (exact) mass is 691 g/mol. The summed E-state index contributed by atoms with van der Waals surface area (Å²) in [6.45, 7) is 0.728. The summed E-state index contributed by atoms with van der Waals surface area (Å²) < 4.78 is 33.3. The number of aromatic nitrogens is 6. The first-order valence-electron chi connectivity index (χ1n) is 15.9. The van der Waals surface area contributed by atoms with Crippen LogP contribution in [0.4, 0.5) is 10.6 Å². The SMILES string of the molecule is COC[C@@H](OC(=O)N(c1cnc(-c2cnc(OC)nc2)cn1)C1CCC(Oc2ncc(C(O)(O)O)c(OC3COC3)n2)CC1)c1ccccc1. The van der Waals surface area contributed by atoms with Gasteiger partial charge in [-0.1, -0.05) is 30.3 Å². The van der Waals surface area contributed by atoms with Crippen LogP contribution in [-0.2, 0) is 20.2 Å². The van der Waals surface area contributed by atoms with Crippen molar-refractivity contribution in [1.82, 2.24) is 29.9 Å². The lowest BCUT2D eigenvalue weighted by Gasteiger charge is -2.36. The molecule has 0 bridgehead atoms. The molecule has 6 rings (SSSR count). The molecule has 2 fully saturated rings. The second kappa shape index (κ2) is 15.6. The first-order chi connectivity index (χ1) is 24.2. The standard InChI is InChI=1S/C33H37N7O10/c1-45-19-27(20-6-4-3-5-7-20)50-32(41)40(28-16-34-26(15-35-28)21-12-36-30(46-2)37-13-21)22-8-10-23(11-9-22)49-31-38-14-25(33(42,43)44)29(39-31)48-24-17-47-18-24/h3-7,12-16,22-24,27,42-44H,8-11,17-19H2,1-2H3/t22?,23?,27-/m1/s1. The number of hydrogen-bond acceptors (Lipinski definition) is 16. The van der Waals surface area contributed by atoms with Crippen LogP contribution in [0.1, 0.15) is 42.9 Å². The lowest BCUT2D eigenvalue weighted by Crippen LogP contribution is -2.45. The molecule has 17 nitrogen and oxygen atoms in total. The van der Waals surface area contributed by atoms with Crippen molar-refractivity contribution in [2.45, 2.75) is 56.0 Å². The second-order valence-corrected chi connectivity index (χ2v) is 11.7. The number of amides is 1. The molecular formula is C33H37N7O10. The molecule has 1 aromatic carbocycles. The van der Waals surface area contributed by atoms with Crippen molar-refractivity contribution in [3.8, 4) is 29.2 Å². The van der Waals surface area contributed by atoms with Gasteiger partial charge in [0.15, 0.2) is 11.9 Å². The largest absolute Gasteiger partial charge is 0.469 e. The maximum atomic E-state index is 14.0. The summed E-state index contributed by atoms with van der Waals surface area (Å²) in [5.41, 5.74) is 1.47. The molecule has 264 valence electrons. The van der Waals surface area contributed by atoms with E-state index in [-0.39, 0.29) is 42.8 Å². The van der Waals surface area contributed by atoms with Gasteiger partial charge in [0, 0.05) is 37.3 Å². The lowest BCUT2D eigenvalue weighted by molar-refractivity contribution is -0.325. The summed E-state index contributed by atoms with van der Waals surface area (Å²) in [4.78, 5) is 41.1. The molecule has 1 amide bonds. The minimum absolute atomic E-state index is 0.0674. The van der Waals surface area contributed by atoms with Gasteiger partial charge in [0.05, 0.1) is 45.0 Å². The number of nitrogens with zero attached hydrogens (tertiary/aromatic N) is 7. The first-order valence-corrected chi connectivity index (χ1v) is 15.9. The van der Waals surface area contributed by atoms with Crippen LogP contribution >= 0.6 is 0 Å². The van der Waals surface area contributed by atoms with Gasteiger partial charge in [-0.05, 0) is 31.2 Å². The van der Waals surface area contributed by atoms with Crippen molar-refractivity contribution in [1.29, 1.82) is 0 Å². The number of hydrogen-bond donors (Lipinski definition) is 3. The molecule has 17 heteroatoms. The normalized spacial score (nSPS) is 18.4. The predicted molar refractivity (Wildman–Crippen MR) is 172 cm³/mol. The zero-order chi connectivity index (χ0) is 35.1. The number of aliphatic hydroxyl groups is 3. The van der Waals surface area contributed by atoms with Crippen LogP contribution in [0.15, 0.2) is 61.3 Å². The molecule has 1 atom stereocenters. The molecule has 50 heavy (non-hydrogen) atoms. The summed E-state index contributed by atoms with van der Waals surface area (Å²) >= 11 is 0. The minimum atomic E-state index is -3.21. The molecule has 4 aromatic rings. The zero-order valence-electron chi connectivity index (χ0n) is 27.4. The Morgan fingerprint density at radius 1 is 0.880 bits per heavy atom. The van der Waals surface area contributed by atoms with Gasteiger partial charge in [0.2, 0.25) is 5.88 Å². The number of carbonyl (C=O) groups excluding carboxylic acids is 1. The minimum Gasteiger partial charge on any atom is -0.469 e. The Balaban J connectivity index is 1.19. The first kappa shape index (κ1) is 34.8. The van der Waals surface area contributed by atoms with Crippen LogP contribution in [0, 0.1) is 0 Å². The van der Waals surface area contributed by atoms with Crippen molar-refractivity contribution >= 4 is 11.9 Å². The van der Waals surface area contributed by atoms with Gasteiger partial charge in [-0.15, -0.1) is 0 Å². The highest BCUT2D eigenvalue weighted by molar-refractivity contribution is 5.87. The molecule has 1 saturated heterocycles. The third-order valence-corrected chi connectivity index (χ3v) is 8.18. The third kappa shape index (κ3) is 8.38. The van der Waals surface area contributed by atoms with Crippen LogP contribution < -0.4 is 19.1 Å². The quantitative estimate of drug-likeness (QED) is 0.172. The lowest BCUT2D eigenvalue weighted by atomic mass is 9.92. The molecule has 2 aliphatic rings. The molecule has 1 saturated carbocycles. The molecule has 1 aliphatic carbocycles. The van der Waals surface area contributed by atoms with E-state index in [1.165, 1.54) is 31.5 Å². The van der Waals surface area contributed by atoms with Gasteiger partial charge in [-0.2, -0.15) is 4.98 Å². The Labute approximate surface area is 286 Å². The fraction of sp³-hybridized carbons (Fsp3) is 0.424. The van der Waals surface area contributed by atoms with Crippen molar-refractivity contribution in [2.75, 3.05) is 38.9 Å². The Hall–Kier alpha value is -5.07. The van der Waals surface area contributed by atoms with Gasteiger partial charge in [0.1, 0.15) is 17.8 Å². The van der Waals surface area contributed by atoms with Gasteiger partial charge >= 0.3 is 24.1 Å². The summed E-state index contributed by atoms with van der Waals surface area (Å²) in [7, 11) is 3.02. The van der Waals surface area contributed by atoms with E-state index in [4.69, 9.17) is 28.4 Å². The molecule has 0 unspecified atom stereocenters. The fourth-order valence-electron chi connectivity index (χ4n) is 5.51. The highest BCUT2D eigenvalue weighted by Gasteiger charge is 2.36. The summed E-state index contributed by atoms with van der Waals surface area (Å²) in [6, 6.07) is 9.15. The van der Waals surface area contributed by atoms with Crippen molar-refractivity contribution in [3.05, 3.63) is 72.4 Å². The van der Waals surface area contributed by atoms with Crippen LogP contribution in [0.3, 0.4) is 0 Å². The Bertz CT molecular complexity index is 1700. The number of ether oxygens (including phenoxy) is 6. The predicted octanol–water partition coefficient (Wildman–Crippen LogP) is 2.32. The fourth-order valence-corrected chi connectivity index (χ4v) is 5.51. The van der Waals surface area contributed by atoms with E-state index in [1.807, 2.05) is 30.3 Å². The average Bonchev–Trinajstić information content (AvgIpc) is 3.11. The highest BCUT2D eigenvalue weighted by atomic mass is 16.7. The van der Waals surface area contributed by atoms with Crippen LogP contribution in [0.2, 0.25) is 0 Å². The van der Waals surface area contributed by atoms with Crippen molar-refractivity contribution in [3.63, 3.8) is 0 Å². The van der Waals surface area contributed by atoms with Gasteiger partial charge in [-0.3, -0.25) is 9.88 Å². The van der Waals surface area contributed by atoms with Crippen LogP contribution in [-0.4, -0.2) is 104 Å². The van der Waals surface area contributed by atoms with Crippen molar-refractivity contribution in [2.24, 2.45) is 0 Å². The summed E-state index contributed by atoms with van der Waals surface area (Å²) in [5, 5.41) is 29.3. The molecule has 3 aromatic heterocycles. The highest BCUT2D eigenvalue weighted by Crippen LogP contribution is 2.33. The molecular weight excluding hydrogens is 654 g/mol. The molecule has 0 spiro atoms. The van der Waals surface area contributed by atoms with E-state index in [9.17, 15) is 20.1 Å². The average molecular weight is 692 g/mol. The number of carbonyl (C=O) groups is 1. The van der Waals surface area contributed by atoms with Gasteiger partial charge in [0.25, 0.3) is 0 Å². The Kier molecular flexibility index (Phi) is 10.9. The Morgan fingerprint density at radius 2 is 1.60 bits per heavy atom. The van der Waals surface area contributed by atoms with E-state index in [1.54, 1.807) is 12.4 Å². The van der Waals surface area contributed by atoms with Gasteiger partial charge < -0.3 is 43.7 Å². The van der Waals surface area contributed by atoms with E-state index < -0.39 is 23.7 Å². The number of benzene rings is 1. The summed E-state index contributed by atoms with van der Waals surface area (Å²) in [5.74, 6) is -3.14. The smallest absolute Gasteiger partial charge is 0.416 e. The van der Waals surface area contributed by atoms with E-state index in [0.29, 0.717) is 56.0 Å². The van der Waals surface area contributed by atoms with Gasteiger partial charge in [-0.25, -0.2) is 24.7 Å². The number of rotatable bonds is 13. The van der Waals surface area contributed by atoms with E-state index in [2.05, 4.69) is 29.9 Å². The zero-order valence-corrected chi connectivity index (χ0v) is 27.4. The maximum absolute atomic E-state index is 14.0. The topological polar surface area (TPSA) is 214 Å². The number of anilines is 1. The number of methoxy groups -OCH3 is 2. The molecule has 3 N–H and O–H groups in total. The maximum Gasteiger partial charge on any atom is 0.416 e. The second-order valence-electron chi connectivity index (χ2n) is 11.7. The molecule has 0 radical (unpaired) electrons. The van der Waals surface area contributed by atoms with Crippen LogP contribution in [0.25, 0.3) is 11.3 Å². The molecule has 4 heterocycles. The molecule has 1 aliphatic heterocycles. The third-order valence-electron chi connectivity index (χ3n) is 8.18. The van der Waals surface area contributed by atoms with Crippen molar-refractivity contribution < 1.29 is 48.5 Å². The summed E-state index contributed by atoms with van der Waals surface area (Å²) in [6.07, 6.45) is 7.24. The van der Waals surface area contributed by atoms with E-state index >= 15 is 0 Å². The van der Waals surface area contributed by atoms with E-state index in [0.717, 1.165) is 11.8 Å². The Morgan fingerprint density at radius 3 is 2.20 bits per heavy atom. The van der Waals surface area contributed by atoms with Crippen LogP contribution in [0.5, 0.6) is 17.9 Å².